The predicted molar refractivity (Wildman–Crippen MR) is 49.8 cm³/mol. The lowest BCUT2D eigenvalue weighted by molar-refractivity contribution is 0.528. The zero-order valence-electron chi connectivity index (χ0n) is 6.66. The van der Waals surface area contributed by atoms with Crippen LogP contribution in [0.3, 0.4) is 0 Å². The van der Waals surface area contributed by atoms with Crippen molar-refractivity contribution in [3.63, 3.8) is 0 Å². The van der Waals surface area contributed by atoms with Gasteiger partial charge in [0.1, 0.15) is 5.58 Å². The Balaban J connectivity index is 2.85. The molecule has 1 aromatic carbocycles. The summed E-state index contributed by atoms with van der Waals surface area (Å²) in [5.41, 5.74) is 0.232. The minimum atomic E-state index is -0.294. The largest absolute Gasteiger partial charge is 0.441 e. The van der Waals surface area contributed by atoms with E-state index in [0.717, 1.165) is 0 Å². The average molecular weight is 196 g/mol. The van der Waals surface area contributed by atoms with E-state index in [9.17, 15) is 4.79 Å². The molecular formula is C9H6ClNO2. The molecule has 0 aliphatic rings. The maximum Gasteiger partial charge on any atom is 0.283 e. The van der Waals surface area contributed by atoms with Crippen LogP contribution in [0.15, 0.2) is 33.5 Å². The van der Waals surface area contributed by atoms with Gasteiger partial charge in [0.2, 0.25) is 5.89 Å². The standard InChI is InChI=1S/C9H6ClNO2/c10-5-8-11-9(12)6-3-1-2-4-7(6)13-8/h1-4H,5H2. The first kappa shape index (κ1) is 8.26. The van der Waals surface area contributed by atoms with Gasteiger partial charge in [-0.15, -0.1) is 11.6 Å². The molecule has 1 heterocycles. The van der Waals surface area contributed by atoms with Crippen LogP contribution in [0.5, 0.6) is 0 Å². The van der Waals surface area contributed by atoms with Gasteiger partial charge in [-0.3, -0.25) is 4.79 Å². The van der Waals surface area contributed by atoms with E-state index in [-0.39, 0.29) is 17.3 Å². The molecule has 0 N–H and O–H groups in total. The van der Waals surface area contributed by atoms with Crippen molar-refractivity contribution in [2.24, 2.45) is 0 Å². The van der Waals surface area contributed by atoms with Crippen molar-refractivity contribution in [3.8, 4) is 0 Å². The second-order valence-corrected chi connectivity index (χ2v) is 2.81. The number of fused-ring (bicyclic) bond motifs is 1. The second kappa shape index (κ2) is 3.18. The Morgan fingerprint density at radius 1 is 1.38 bits per heavy atom. The molecule has 0 bridgehead atoms. The monoisotopic (exact) mass is 195 g/mol. The second-order valence-electron chi connectivity index (χ2n) is 2.54. The summed E-state index contributed by atoms with van der Waals surface area (Å²) in [7, 11) is 0. The van der Waals surface area contributed by atoms with Crippen molar-refractivity contribution >= 4 is 22.6 Å². The summed E-state index contributed by atoms with van der Waals surface area (Å²) in [6.07, 6.45) is 0. The predicted octanol–water partition coefficient (Wildman–Crippen LogP) is 1.93. The minimum absolute atomic E-state index is 0.111. The number of halogens is 1. The summed E-state index contributed by atoms with van der Waals surface area (Å²) in [5, 5.41) is 0.483. The molecule has 0 fully saturated rings. The molecule has 1 aromatic heterocycles. The van der Waals surface area contributed by atoms with Gasteiger partial charge < -0.3 is 4.42 Å². The van der Waals surface area contributed by atoms with Crippen LogP contribution in [-0.4, -0.2) is 4.98 Å². The smallest absolute Gasteiger partial charge is 0.283 e. The molecule has 0 atom stereocenters. The lowest BCUT2D eigenvalue weighted by Gasteiger charge is -1.96. The van der Waals surface area contributed by atoms with Crippen molar-refractivity contribution in [3.05, 3.63) is 40.5 Å². The Kier molecular flexibility index (Phi) is 2.02. The van der Waals surface area contributed by atoms with E-state index >= 15 is 0 Å². The molecule has 0 saturated heterocycles. The molecule has 0 spiro atoms. The zero-order valence-corrected chi connectivity index (χ0v) is 7.41. The third kappa shape index (κ3) is 1.42. The molecule has 0 unspecified atom stereocenters. The van der Waals surface area contributed by atoms with Crippen molar-refractivity contribution in [2.45, 2.75) is 5.88 Å². The average Bonchev–Trinajstić information content (AvgIpc) is 2.18. The van der Waals surface area contributed by atoms with E-state index in [4.69, 9.17) is 16.0 Å². The number of benzene rings is 1. The first-order valence-electron chi connectivity index (χ1n) is 3.76. The quantitative estimate of drug-likeness (QED) is 0.653. The highest BCUT2D eigenvalue weighted by Gasteiger charge is 2.03. The van der Waals surface area contributed by atoms with Crippen LogP contribution in [-0.2, 0) is 5.88 Å². The topological polar surface area (TPSA) is 43.1 Å². The first-order valence-corrected chi connectivity index (χ1v) is 4.29. The van der Waals surface area contributed by atoms with Crippen LogP contribution in [0.2, 0.25) is 0 Å². The Bertz CT molecular complexity index is 492. The highest BCUT2D eigenvalue weighted by Crippen LogP contribution is 2.10. The van der Waals surface area contributed by atoms with Crippen molar-refractivity contribution in [1.29, 1.82) is 0 Å². The van der Waals surface area contributed by atoms with E-state index in [0.29, 0.717) is 11.0 Å². The van der Waals surface area contributed by atoms with Crippen LogP contribution >= 0.6 is 11.6 Å². The van der Waals surface area contributed by atoms with Crippen molar-refractivity contribution in [1.82, 2.24) is 4.98 Å². The number of alkyl halides is 1. The molecule has 0 amide bonds. The Hall–Kier alpha value is -1.35. The number of para-hydroxylation sites is 1. The molecular weight excluding hydrogens is 190 g/mol. The third-order valence-electron chi connectivity index (χ3n) is 1.69. The summed E-state index contributed by atoms with van der Waals surface area (Å²) in [6, 6.07) is 6.95. The fourth-order valence-corrected chi connectivity index (χ4v) is 1.23. The summed E-state index contributed by atoms with van der Waals surface area (Å²) in [5.74, 6) is 0.366. The molecule has 0 aliphatic heterocycles. The van der Waals surface area contributed by atoms with Gasteiger partial charge >= 0.3 is 0 Å². The molecule has 3 nitrogen and oxygen atoms in total. The van der Waals surface area contributed by atoms with E-state index in [1.54, 1.807) is 24.3 Å². The van der Waals surface area contributed by atoms with Crippen LogP contribution in [0.4, 0.5) is 0 Å². The highest BCUT2D eigenvalue weighted by molar-refractivity contribution is 6.16. The lowest BCUT2D eigenvalue weighted by atomic mass is 10.2. The van der Waals surface area contributed by atoms with Crippen molar-refractivity contribution < 1.29 is 4.42 Å². The Labute approximate surface area is 79.0 Å². The minimum Gasteiger partial charge on any atom is -0.441 e. The van der Waals surface area contributed by atoms with Crippen LogP contribution in [0, 0.1) is 0 Å². The van der Waals surface area contributed by atoms with Crippen LogP contribution in [0.25, 0.3) is 11.0 Å². The third-order valence-corrected chi connectivity index (χ3v) is 1.91. The maximum atomic E-state index is 11.3. The molecule has 0 saturated carbocycles. The normalized spacial score (nSPS) is 10.5. The Morgan fingerprint density at radius 2 is 2.15 bits per heavy atom. The van der Waals surface area contributed by atoms with E-state index in [2.05, 4.69) is 4.98 Å². The number of nitrogens with zero attached hydrogens (tertiary/aromatic N) is 1. The molecule has 4 heteroatoms. The fraction of sp³-hybridized carbons (Fsp3) is 0.111. The number of aromatic nitrogens is 1. The highest BCUT2D eigenvalue weighted by atomic mass is 35.5. The van der Waals surface area contributed by atoms with Gasteiger partial charge in [-0.05, 0) is 12.1 Å². The van der Waals surface area contributed by atoms with E-state index < -0.39 is 0 Å². The molecule has 66 valence electrons. The number of hydrogen-bond acceptors (Lipinski definition) is 3. The lowest BCUT2D eigenvalue weighted by Crippen LogP contribution is -2.07. The molecule has 0 radical (unpaired) electrons. The van der Waals surface area contributed by atoms with E-state index in [1.165, 1.54) is 0 Å². The molecule has 13 heavy (non-hydrogen) atoms. The summed E-state index contributed by atoms with van der Waals surface area (Å²) >= 11 is 5.50. The summed E-state index contributed by atoms with van der Waals surface area (Å²) in [6.45, 7) is 0. The first-order chi connectivity index (χ1) is 6.31. The summed E-state index contributed by atoms with van der Waals surface area (Å²) < 4.78 is 5.25. The SMILES string of the molecule is O=c1nc(CCl)oc2ccccc12. The van der Waals surface area contributed by atoms with Gasteiger partial charge in [-0.25, -0.2) is 0 Å². The van der Waals surface area contributed by atoms with Gasteiger partial charge in [0.25, 0.3) is 5.56 Å². The number of hydrogen-bond donors (Lipinski definition) is 0. The van der Waals surface area contributed by atoms with Gasteiger partial charge in [-0.1, -0.05) is 12.1 Å². The molecule has 0 aliphatic carbocycles. The zero-order chi connectivity index (χ0) is 9.26. The molecule has 2 aromatic rings. The van der Waals surface area contributed by atoms with Gasteiger partial charge in [0.05, 0.1) is 11.3 Å². The van der Waals surface area contributed by atoms with Gasteiger partial charge in [0, 0.05) is 0 Å². The van der Waals surface area contributed by atoms with Crippen molar-refractivity contribution in [2.75, 3.05) is 0 Å². The molecule has 2 rings (SSSR count). The fourth-order valence-electron chi connectivity index (χ4n) is 1.11. The number of rotatable bonds is 1. The van der Waals surface area contributed by atoms with Gasteiger partial charge in [-0.2, -0.15) is 4.98 Å². The maximum absolute atomic E-state index is 11.3. The van der Waals surface area contributed by atoms with Crippen LogP contribution < -0.4 is 5.56 Å². The van der Waals surface area contributed by atoms with Crippen LogP contribution in [0.1, 0.15) is 5.89 Å². The van der Waals surface area contributed by atoms with E-state index in [1.807, 2.05) is 0 Å². The van der Waals surface area contributed by atoms with Gasteiger partial charge in [0.15, 0.2) is 0 Å². The Morgan fingerprint density at radius 3 is 2.92 bits per heavy atom. The summed E-state index contributed by atoms with van der Waals surface area (Å²) in [4.78, 5) is 15.0.